The molecule has 1 aliphatic rings. The Balaban J connectivity index is 0.00000180. The molecule has 1 aromatic heterocycles. The van der Waals surface area contributed by atoms with Gasteiger partial charge in [0.15, 0.2) is 5.03 Å². The van der Waals surface area contributed by atoms with E-state index in [0.717, 1.165) is 12.8 Å². The van der Waals surface area contributed by atoms with Crippen LogP contribution in [0.3, 0.4) is 0 Å². The number of sulfonamides is 1. The number of piperidine rings is 1. The highest BCUT2D eigenvalue weighted by Gasteiger charge is 2.31. The molecule has 1 fully saturated rings. The molecule has 1 atom stereocenters. The van der Waals surface area contributed by atoms with Gasteiger partial charge in [-0.2, -0.15) is 9.40 Å². The maximum Gasteiger partial charge on any atom is 0.260 e. The fraction of sp³-hybridized carbons (Fsp3) is 0.727. The van der Waals surface area contributed by atoms with Crippen LogP contribution in [0, 0.1) is 0 Å². The van der Waals surface area contributed by atoms with Crippen LogP contribution in [0.5, 0.6) is 0 Å². The van der Waals surface area contributed by atoms with Crippen LogP contribution in [0.2, 0.25) is 0 Å². The van der Waals surface area contributed by atoms with E-state index in [1.54, 1.807) is 6.07 Å². The monoisotopic (exact) mass is 308 g/mol. The predicted octanol–water partition coefficient (Wildman–Crippen LogP) is 0.998. The van der Waals surface area contributed by atoms with Crippen molar-refractivity contribution in [3.8, 4) is 0 Å². The van der Waals surface area contributed by atoms with Crippen molar-refractivity contribution >= 4 is 22.4 Å². The number of aromatic nitrogens is 2. The zero-order chi connectivity index (χ0) is 13.3. The fourth-order valence-corrected chi connectivity index (χ4v) is 3.97. The largest absolute Gasteiger partial charge is 0.327 e. The highest BCUT2D eigenvalue weighted by atomic mass is 35.5. The zero-order valence-corrected chi connectivity index (χ0v) is 12.8. The van der Waals surface area contributed by atoms with Gasteiger partial charge in [0.25, 0.3) is 10.0 Å². The summed E-state index contributed by atoms with van der Waals surface area (Å²) >= 11 is 0. The number of hydrogen-bond donors (Lipinski definition) is 1. The molecule has 8 heteroatoms. The molecule has 1 aliphatic heterocycles. The summed E-state index contributed by atoms with van der Waals surface area (Å²) in [4.78, 5) is 0. The minimum absolute atomic E-state index is 0. The third-order valence-corrected chi connectivity index (χ3v) is 5.01. The summed E-state index contributed by atoms with van der Waals surface area (Å²) in [5.41, 5.74) is 5.84. The SMILES string of the molecule is CC(C)n1nccc1S(=O)(=O)N1CCCC(N)C1.Cl. The lowest BCUT2D eigenvalue weighted by atomic mass is 10.1. The Bertz CT molecular complexity index is 515. The summed E-state index contributed by atoms with van der Waals surface area (Å²) in [7, 11) is -3.47. The first-order valence-electron chi connectivity index (χ1n) is 6.22. The van der Waals surface area contributed by atoms with Crippen molar-refractivity contribution in [3.63, 3.8) is 0 Å². The Kier molecular flexibility index (Phi) is 5.37. The summed E-state index contributed by atoms with van der Waals surface area (Å²) in [6.07, 6.45) is 3.22. The van der Waals surface area contributed by atoms with Gasteiger partial charge < -0.3 is 5.73 Å². The molecule has 19 heavy (non-hydrogen) atoms. The van der Waals surface area contributed by atoms with Crippen molar-refractivity contribution in [1.29, 1.82) is 0 Å². The maximum absolute atomic E-state index is 12.5. The molecule has 110 valence electrons. The van der Waals surface area contributed by atoms with Crippen LogP contribution in [0.1, 0.15) is 32.7 Å². The number of nitrogens with zero attached hydrogens (tertiary/aromatic N) is 3. The van der Waals surface area contributed by atoms with Gasteiger partial charge >= 0.3 is 0 Å². The van der Waals surface area contributed by atoms with Gasteiger partial charge in [0.05, 0.1) is 6.20 Å². The lowest BCUT2D eigenvalue weighted by Gasteiger charge is -2.30. The third kappa shape index (κ3) is 3.28. The minimum atomic E-state index is -3.47. The molecular weight excluding hydrogens is 288 g/mol. The highest BCUT2D eigenvalue weighted by Crippen LogP contribution is 2.21. The van der Waals surface area contributed by atoms with Gasteiger partial charge in [-0.05, 0) is 32.8 Å². The van der Waals surface area contributed by atoms with E-state index in [9.17, 15) is 8.42 Å². The summed E-state index contributed by atoms with van der Waals surface area (Å²) in [5, 5.41) is 4.33. The van der Waals surface area contributed by atoms with E-state index in [2.05, 4.69) is 5.10 Å². The molecule has 1 aromatic rings. The van der Waals surface area contributed by atoms with Crippen LogP contribution < -0.4 is 5.73 Å². The van der Waals surface area contributed by atoms with Crippen LogP contribution in [0.4, 0.5) is 0 Å². The van der Waals surface area contributed by atoms with Crippen molar-refractivity contribution in [2.24, 2.45) is 5.73 Å². The van der Waals surface area contributed by atoms with Crippen molar-refractivity contribution in [2.75, 3.05) is 13.1 Å². The van der Waals surface area contributed by atoms with Crippen molar-refractivity contribution in [1.82, 2.24) is 14.1 Å². The molecule has 0 bridgehead atoms. The van der Waals surface area contributed by atoms with Crippen LogP contribution in [0.15, 0.2) is 17.3 Å². The molecule has 0 radical (unpaired) electrons. The van der Waals surface area contributed by atoms with Crippen LogP contribution in [-0.2, 0) is 10.0 Å². The fourth-order valence-electron chi connectivity index (χ4n) is 2.22. The number of halogens is 1. The van der Waals surface area contributed by atoms with Gasteiger partial charge in [-0.15, -0.1) is 12.4 Å². The van der Waals surface area contributed by atoms with Gasteiger partial charge in [0, 0.05) is 25.2 Å². The van der Waals surface area contributed by atoms with Crippen molar-refractivity contribution in [3.05, 3.63) is 12.3 Å². The lowest BCUT2D eigenvalue weighted by molar-refractivity contribution is 0.312. The van der Waals surface area contributed by atoms with Crippen molar-refractivity contribution < 1.29 is 8.42 Å². The van der Waals surface area contributed by atoms with E-state index in [0.29, 0.717) is 13.1 Å². The summed E-state index contributed by atoms with van der Waals surface area (Å²) in [6.45, 7) is 4.76. The smallest absolute Gasteiger partial charge is 0.260 e. The Morgan fingerprint density at radius 1 is 1.47 bits per heavy atom. The van der Waals surface area contributed by atoms with E-state index >= 15 is 0 Å². The van der Waals surface area contributed by atoms with Crippen molar-refractivity contribution in [2.45, 2.75) is 43.8 Å². The second-order valence-corrected chi connectivity index (χ2v) is 6.86. The molecule has 2 rings (SSSR count). The minimum Gasteiger partial charge on any atom is -0.327 e. The van der Waals surface area contributed by atoms with Gasteiger partial charge in [-0.1, -0.05) is 0 Å². The second kappa shape index (κ2) is 6.21. The average Bonchev–Trinajstić information content (AvgIpc) is 2.78. The molecule has 0 aromatic carbocycles. The Morgan fingerprint density at radius 3 is 2.74 bits per heavy atom. The quantitative estimate of drug-likeness (QED) is 0.903. The maximum atomic E-state index is 12.5. The molecule has 0 aliphatic carbocycles. The van der Waals surface area contributed by atoms with Gasteiger partial charge in [0.2, 0.25) is 0 Å². The first-order valence-corrected chi connectivity index (χ1v) is 7.66. The molecule has 0 spiro atoms. The van der Waals surface area contributed by atoms with Gasteiger partial charge in [-0.25, -0.2) is 8.42 Å². The van der Waals surface area contributed by atoms with Gasteiger partial charge in [0.1, 0.15) is 0 Å². The Hall–Kier alpha value is -0.630. The van der Waals surface area contributed by atoms with Crippen LogP contribution in [-0.4, -0.2) is 41.6 Å². The molecule has 2 heterocycles. The first kappa shape index (κ1) is 16.4. The van der Waals surface area contributed by atoms with E-state index in [4.69, 9.17) is 5.73 Å². The Labute approximate surface area is 120 Å². The van der Waals surface area contributed by atoms with Gasteiger partial charge in [-0.3, -0.25) is 4.68 Å². The molecular formula is C11H21ClN4O2S. The molecule has 6 nitrogen and oxygen atoms in total. The summed E-state index contributed by atoms with van der Waals surface area (Å²) in [6, 6.07) is 1.50. The summed E-state index contributed by atoms with van der Waals surface area (Å²) in [5.74, 6) is 0. The lowest BCUT2D eigenvalue weighted by Crippen LogP contribution is -2.46. The van der Waals surface area contributed by atoms with Crippen LogP contribution in [0.25, 0.3) is 0 Å². The topological polar surface area (TPSA) is 81.2 Å². The van der Waals surface area contributed by atoms with E-state index in [-0.39, 0.29) is 29.5 Å². The Morgan fingerprint density at radius 2 is 2.16 bits per heavy atom. The number of nitrogens with two attached hydrogens (primary N) is 1. The molecule has 0 saturated carbocycles. The zero-order valence-electron chi connectivity index (χ0n) is 11.2. The van der Waals surface area contributed by atoms with E-state index in [1.807, 2.05) is 13.8 Å². The molecule has 0 amide bonds. The van der Waals surface area contributed by atoms with E-state index in [1.165, 1.54) is 15.2 Å². The second-order valence-electron chi connectivity index (χ2n) is 4.97. The number of hydrogen-bond acceptors (Lipinski definition) is 4. The molecule has 2 N–H and O–H groups in total. The van der Waals surface area contributed by atoms with Crippen LogP contribution >= 0.6 is 12.4 Å². The summed E-state index contributed by atoms with van der Waals surface area (Å²) < 4.78 is 28.1. The number of rotatable bonds is 3. The average molecular weight is 309 g/mol. The molecule has 1 unspecified atom stereocenters. The molecule has 1 saturated heterocycles. The normalized spacial score (nSPS) is 21.4. The van der Waals surface area contributed by atoms with E-state index < -0.39 is 10.0 Å². The first-order chi connectivity index (χ1) is 8.43. The standard InChI is InChI=1S/C11H20N4O2S.ClH/c1-9(2)15-11(5-6-13-15)18(16,17)14-7-3-4-10(12)8-14;/h5-6,9-10H,3-4,7-8,12H2,1-2H3;1H. The predicted molar refractivity (Wildman–Crippen MR) is 75.8 cm³/mol. The highest BCUT2D eigenvalue weighted by molar-refractivity contribution is 7.89. The third-order valence-electron chi connectivity index (χ3n) is 3.15.